The molecule has 5 nitrogen and oxygen atoms in total. The molecule has 3 heterocycles. The molecule has 0 bridgehead atoms. The maximum Gasteiger partial charge on any atom is 0.325 e. The molecule has 3 aliphatic rings. The van der Waals surface area contributed by atoms with Crippen LogP contribution in [-0.4, -0.2) is 48.1 Å². The molecule has 3 aliphatic heterocycles. The molecule has 0 aliphatic carbocycles. The zero-order valence-corrected chi connectivity index (χ0v) is 16.3. The Morgan fingerprint density at radius 1 is 1.31 bits per heavy atom. The quantitative estimate of drug-likeness (QED) is 0.884. The summed E-state index contributed by atoms with van der Waals surface area (Å²) in [5.74, 6) is 1.15. The number of aryl methyl sites for hydroxylation is 1. The lowest BCUT2D eigenvalue weighted by Crippen LogP contribution is -2.52. The van der Waals surface area contributed by atoms with Gasteiger partial charge in [-0.2, -0.15) is 0 Å². The summed E-state index contributed by atoms with van der Waals surface area (Å²) in [5.41, 5.74) is 4.85. The van der Waals surface area contributed by atoms with E-state index in [1.54, 1.807) is 7.11 Å². The Kier molecular flexibility index (Phi) is 4.22. The molecule has 26 heavy (non-hydrogen) atoms. The summed E-state index contributed by atoms with van der Waals surface area (Å²) in [6.45, 7) is 9.81. The van der Waals surface area contributed by atoms with Gasteiger partial charge in [-0.25, -0.2) is 4.79 Å². The minimum absolute atomic E-state index is 0.147. The third-order valence-corrected chi connectivity index (χ3v) is 6.37. The number of fused-ring (bicyclic) bond motifs is 3. The van der Waals surface area contributed by atoms with Gasteiger partial charge in [-0.15, -0.1) is 0 Å². The number of nitrogens with one attached hydrogen (secondary N) is 1. The summed E-state index contributed by atoms with van der Waals surface area (Å²) in [6.07, 6.45) is 4.32. The molecule has 2 saturated heterocycles. The van der Waals surface area contributed by atoms with E-state index in [1.807, 2.05) is 4.90 Å². The third-order valence-electron chi connectivity index (χ3n) is 6.37. The lowest BCUT2D eigenvalue weighted by molar-refractivity contribution is 0.141. The number of ether oxygens (including phenoxy) is 1. The van der Waals surface area contributed by atoms with Crippen LogP contribution in [0.5, 0.6) is 5.75 Å². The summed E-state index contributed by atoms with van der Waals surface area (Å²) < 4.78 is 5.49. The van der Waals surface area contributed by atoms with Crippen LogP contribution in [0.2, 0.25) is 0 Å². The van der Waals surface area contributed by atoms with E-state index in [9.17, 15) is 4.79 Å². The zero-order chi connectivity index (χ0) is 18.5. The number of rotatable bonds is 2. The van der Waals surface area contributed by atoms with Crippen molar-refractivity contribution in [3.63, 3.8) is 0 Å². The number of allylic oxidation sites excluding steroid dienone is 1. The Balaban J connectivity index is 1.85. The van der Waals surface area contributed by atoms with Gasteiger partial charge in [0.15, 0.2) is 0 Å². The maximum absolute atomic E-state index is 13.3. The second-order valence-corrected chi connectivity index (χ2v) is 7.75. The van der Waals surface area contributed by atoms with Crippen molar-refractivity contribution in [2.24, 2.45) is 0 Å². The van der Waals surface area contributed by atoms with Crippen LogP contribution in [0.4, 0.5) is 4.79 Å². The van der Waals surface area contributed by atoms with E-state index in [-0.39, 0.29) is 17.5 Å². The van der Waals surface area contributed by atoms with E-state index in [0.29, 0.717) is 6.54 Å². The lowest BCUT2D eigenvalue weighted by atomic mass is 9.82. The van der Waals surface area contributed by atoms with Crippen LogP contribution in [0.15, 0.2) is 23.9 Å². The van der Waals surface area contributed by atoms with Crippen molar-refractivity contribution >= 4 is 6.03 Å². The Labute approximate surface area is 156 Å². The van der Waals surface area contributed by atoms with Crippen LogP contribution in [0.1, 0.15) is 49.3 Å². The van der Waals surface area contributed by atoms with Gasteiger partial charge in [0.05, 0.1) is 19.2 Å². The summed E-state index contributed by atoms with van der Waals surface area (Å²) in [5, 5.41) is 3.46. The van der Waals surface area contributed by atoms with Crippen LogP contribution < -0.4 is 10.1 Å². The van der Waals surface area contributed by atoms with E-state index in [4.69, 9.17) is 4.74 Å². The smallest absolute Gasteiger partial charge is 0.325 e. The number of carbonyl (C=O) groups excluding carboxylic acids is 1. The summed E-state index contributed by atoms with van der Waals surface area (Å²) in [6, 6.07) is 4.36. The molecule has 1 unspecified atom stereocenters. The molecule has 1 atom stereocenters. The molecular formula is C21H29N3O2. The van der Waals surface area contributed by atoms with Gasteiger partial charge in [0, 0.05) is 18.2 Å². The second-order valence-electron chi connectivity index (χ2n) is 7.75. The largest absolute Gasteiger partial charge is 0.497 e. The maximum atomic E-state index is 13.3. The molecule has 0 radical (unpaired) electrons. The Bertz CT molecular complexity index is 765. The van der Waals surface area contributed by atoms with Gasteiger partial charge in [-0.05, 0) is 68.6 Å². The molecule has 1 spiro atoms. The molecule has 5 heteroatoms. The molecule has 4 rings (SSSR count). The van der Waals surface area contributed by atoms with Crippen LogP contribution >= 0.6 is 0 Å². The average molecular weight is 355 g/mol. The molecule has 0 saturated carbocycles. The second kappa shape index (κ2) is 6.31. The number of nitrogens with zero attached hydrogens (tertiary/aromatic N) is 2. The molecule has 1 aromatic carbocycles. The molecule has 140 valence electrons. The number of hydrogen-bond donors (Lipinski definition) is 1. The van der Waals surface area contributed by atoms with E-state index < -0.39 is 0 Å². The molecule has 0 aromatic heterocycles. The van der Waals surface area contributed by atoms with Crippen molar-refractivity contribution in [2.45, 2.75) is 51.6 Å². The van der Waals surface area contributed by atoms with Gasteiger partial charge >= 0.3 is 6.03 Å². The van der Waals surface area contributed by atoms with Gasteiger partial charge in [0.25, 0.3) is 0 Å². The van der Waals surface area contributed by atoms with Crippen molar-refractivity contribution in [3.8, 4) is 5.75 Å². The first kappa shape index (κ1) is 17.4. The summed E-state index contributed by atoms with van der Waals surface area (Å²) in [7, 11) is 1.70. The van der Waals surface area contributed by atoms with Crippen molar-refractivity contribution < 1.29 is 9.53 Å². The van der Waals surface area contributed by atoms with Crippen LogP contribution in [0, 0.1) is 6.92 Å². The Hall–Kier alpha value is -2.01. The number of hydrogen-bond acceptors (Lipinski definition) is 3. The van der Waals surface area contributed by atoms with Crippen molar-refractivity contribution in [1.29, 1.82) is 0 Å². The number of urea groups is 1. The van der Waals surface area contributed by atoms with Crippen LogP contribution in [0.25, 0.3) is 0 Å². The zero-order valence-electron chi connectivity index (χ0n) is 16.3. The first-order chi connectivity index (χ1) is 12.5. The van der Waals surface area contributed by atoms with Crippen LogP contribution in [-0.2, 0) is 6.54 Å². The normalized spacial score (nSPS) is 24.2. The van der Waals surface area contributed by atoms with Gasteiger partial charge in [0.1, 0.15) is 5.75 Å². The highest BCUT2D eigenvalue weighted by molar-refractivity contribution is 5.83. The first-order valence-electron chi connectivity index (χ1n) is 9.71. The molecule has 1 aromatic rings. The van der Waals surface area contributed by atoms with Gasteiger partial charge in [-0.3, -0.25) is 4.90 Å². The van der Waals surface area contributed by atoms with E-state index >= 15 is 0 Å². The van der Waals surface area contributed by atoms with Gasteiger partial charge in [-0.1, -0.05) is 13.0 Å². The highest BCUT2D eigenvalue weighted by Gasteiger charge is 2.53. The summed E-state index contributed by atoms with van der Waals surface area (Å²) in [4.78, 5) is 17.4. The first-order valence-corrected chi connectivity index (χ1v) is 9.71. The highest BCUT2D eigenvalue weighted by Crippen LogP contribution is 2.47. The number of likely N-dealkylation sites (N-methyl/N-ethyl adjacent to an activating group) is 1. The number of amides is 2. The fourth-order valence-electron chi connectivity index (χ4n) is 5.25. The molecule has 2 fully saturated rings. The average Bonchev–Trinajstić information content (AvgIpc) is 2.75. The highest BCUT2D eigenvalue weighted by atomic mass is 16.5. The monoisotopic (exact) mass is 355 g/mol. The predicted octanol–water partition coefficient (Wildman–Crippen LogP) is 3.38. The van der Waals surface area contributed by atoms with E-state index in [1.165, 1.54) is 22.4 Å². The van der Waals surface area contributed by atoms with E-state index in [2.05, 4.69) is 49.2 Å². The number of methoxy groups -OCH3 is 1. The number of benzene rings is 1. The topological polar surface area (TPSA) is 44.8 Å². The minimum atomic E-state index is -0.147. The Morgan fingerprint density at radius 2 is 2.04 bits per heavy atom. The van der Waals surface area contributed by atoms with Gasteiger partial charge in [0.2, 0.25) is 0 Å². The standard InChI is InChI=1S/C21H29N3O2/c1-5-24-20(25)23-13-16-12-17(26-4)10-14(2)19(16)15(3)11-18(23)21(24)6-8-22-9-7-21/h10-12,15,22H,5-9,13H2,1-4H3. The van der Waals surface area contributed by atoms with Gasteiger partial charge < -0.3 is 15.0 Å². The molecule has 2 amide bonds. The summed E-state index contributed by atoms with van der Waals surface area (Å²) >= 11 is 0. The molecular weight excluding hydrogens is 326 g/mol. The Morgan fingerprint density at radius 3 is 2.69 bits per heavy atom. The number of piperidine rings is 1. The lowest BCUT2D eigenvalue weighted by Gasteiger charge is -2.41. The fraction of sp³-hybridized carbons (Fsp3) is 0.571. The van der Waals surface area contributed by atoms with Crippen molar-refractivity contribution in [1.82, 2.24) is 15.1 Å². The number of carbonyl (C=O) groups is 1. The van der Waals surface area contributed by atoms with Crippen LogP contribution in [0.3, 0.4) is 0 Å². The SMILES string of the molecule is CCN1C(=O)N2Cc3cc(OC)cc(C)c3C(C)C=C2C12CCNCC2. The van der Waals surface area contributed by atoms with Crippen molar-refractivity contribution in [2.75, 3.05) is 26.7 Å². The van der Waals surface area contributed by atoms with E-state index in [0.717, 1.165) is 38.2 Å². The molecule has 1 N–H and O–H groups in total. The minimum Gasteiger partial charge on any atom is -0.497 e. The third kappa shape index (κ3) is 2.37. The predicted molar refractivity (Wildman–Crippen MR) is 102 cm³/mol. The fourth-order valence-corrected chi connectivity index (χ4v) is 5.25. The van der Waals surface area contributed by atoms with Crippen molar-refractivity contribution in [3.05, 3.63) is 40.6 Å².